The molecule has 0 amide bonds. The fourth-order valence-corrected chi connectivity index (χ4v) is 2.91. The van der Waals surface area contributed by atoms with Crippen LogP contribution in [0.3, 0.4) is 0 Å². The molecule has 18 heavy (non-hydrogen) atoms. The van der Waals surface area contributed by atoms with Gasteiger partial charge >= 0.3 is 5.97 Å². The first-order valence-corrected chi connectivity index (χ1v) is 6.95. The molecule has 0 bridgehead atoms. The minimum Gasteiger partial charge on any atom is -0.423 e. The van der Waals surface area contributed by atoms with Gasteiger partial charge in [-0.15, -0.1) is 0 Å². The minimum absolute atomic E-state index is 0.147. The van der Waals surface area contributed by atoms with Crippen molar-refractivity contribution >= 4 is 28.0 Å². The van der Waals surface area contributed by atoms with E-state index in [0.717, 1.165) is 52.6 Å². The predicted octanol–water partition coefficient (Wildman–Crippen LogP) is 4.22. The number of halogens is 1. The molecule has 3 rings (SSSR count). The summed E-state index contributed by atoms with van der Waals surface area (Å²) < 4.78 is 6.41. The zero-order valence-corrected chi connectivity index (χ0v) is 11.5. The number of carbonyl (C=O) groups excluding carboxylic acids is 1. The number of esters is 1. The summed E-state index contributed by atoms with van der Waals surface area (Å²) in [4.78, 5) is 11.7. The fourth-order valence-electron chi connectivity index (χ4n) is 2.49. The Kier molecular flexibility index (Phi) is 3.08. The first kappa shape index (κ1) is 11.7. The number of rotatable bonds is 1. The zero-order valence-electron chi connectivity index (χ0n) is 9.91. The summed E-state index contributed by atoms with van der Waals surface area (Å²) in [5, 5.41) is 0. The second-order valence-corrected chi connectivity index (χ2v) is 5.53. The lowest BCUT2D eigenvalue weighted by Gasteiger charge is -2.10. The van der Waals surface area contributed by atoms with Crippen LogP contribution < -0.4 is 0 Å². The second kappa shape index (κ2) is 4.73. The van der Waals surface area contributed by atoms with E-state index in [1.165, 1.54) is 0 Å². The standard InChI is InChI=1S/C15H13BrO2/c16-11-5-3-4-10(8-11)9-14-12-6-1-2-7-13(12)15(17)18-14/h3-5,8-9H,1-2,6-7H2/b14-9-. The number of benzene rings is 1. The monoisotopic (exact) mass is 304 g/mol. The van der Waals surface area contributed by atoms with Crippen molar-refractivity contribution in [2.24, 2.45) is 0 Å². The Hall–Kier alpha value is -1.35. The summed E-state index contributed by atoms with van der Waals surface area (Å²) in [6, 6.07) is 7.98. The number of carbonyl (C=O) groups is 1. The van der Waals surface area contributed by atoms with Crippen molar-refractivity contribution in [1.29, 1.82) is 0 Å². The van der Waals surface area contributed by atoms with Crippen molar-refractivity contribution < 1.29 is 9.53 Å². The van der Waals surface area contributed by atoms with Crippen LogP contribution in [0.15, 0.2) is 45.6 Å². The van der Waals surface area contributed by atoms with Crippen molar-refractivity contribution in [3.05, 3.63) is 51.2 Å². The van der Waals surface area contributed by atoms with Crippen LogP contribution in [0, 0.1) is 0 Å². The van der Waals surface area contributed by atoms with Crippen LogP contribution >= 0.6 is 15.9 Å². The van der Waals surface area contributed by atoms with Crippen LogP contribution in [0.4, 0.5) is 0 Å². The van der Waals surface area contributed by atoms with Crippen LogP contribution in [0.1, 0.15) is 31.2 Å². The van der Waals surface area contributed by atoms with E-state index in [9.17, 15) is 4.79 Å². The summed E-state index contributed by atoms with van der Waals surface area (Å²) in [6.45, 7) is 0. The lowest BCUT2D eigenvalue weighted by Crippen LogP contribution is -2.01. The van der Waals surface area contributed by atoms with Gasteiger partial charge in [0.15, 0.2) is 0 Å². The molecular weight excluding hydrogens is 292 g/mol. The number of ether oxygens (including phenoxy) is 1. The average molecular weight is 305 g/mol. The van der Waals surface area contributed by atoms with Gasteiger partial charge < -0.3 is 4.74 Å². The molecule has 1 aliphatic heterocycles. The lowest BCUT2D eigenvalue weighted by molar-refractivity contribution is -0.133. The summed E-state index contributed by atoms with van der Waals surface area (Å²) in [5.74, 6) is 0.596. The molecule has 0 spiro atoms. The van der Waals surface area contributed by atoms with E-state index in [2.05, 4.69) is 15.9 Å². The van der Waals surface area contributed by atoms with Gasteiger partial charge in [-0.25, -0.2) is 4.79 Å². The molecular formula is C15H13BrO2. The average Bonchev–Trinajstić information content (AvgIpc) is 2.67. The largest absolute Gasteiger partial charge is 0.423 e. The molecule has 0 radical (unpaired) electrons. The number of hydrogen-bond acceptors (Lipinski definition) is 2. The molecule has 0 aromatic heterocycles. The fraction of sp³-hybridized carbons (Fsp3) is 0.267. The minimum atomic E-state index is -0.147. The van der Waals surface area contributed by atoms with Crippen LogP contribution in [0.25, 0.3) is 6.08 Å². The Labute approximate surface area is 114 Å². The molecule has 2 aliphatic rings. The van der Waals surface area contributed by atoms with E-state index in [0.29, 0.717) is 0 Å². The molecule has 2 nitrogen and oxygen atoms in total. The first-order valence-electron chi connectivity index (χ1n) is 6.16. The molecule has 92 valence electrons. The van der Waals surface area contributed by atoms with Crippen molar-refractivity contribution in [2.75, 3.05) is 0 Å². The van der Waals surface area contributed by atoms with E-state index in [1.54, 1.807) is 0 Å². The highest BCUT2D eigenvalue weighted by molar-refractivity contribution is 9.10. The van der Waals surface area contributed by atoms with Gasteiger partial charge in [-0.2, -0.15) is 0 Å². The molecule has 0 saturated carbocycles. The SMILES string of the molecule is O=C1O/C(=C\c2cccc(Br)c2)C2=C1CCCC2. The van der Waals surface area contributed by atoms with Crippen LogP contribution in [0.5, 0.6) is 0 Å². The number of allylic oxidation sites excluding steroid dienone is 1. The van der Waals surface area contributed by atoms with Crippen molar-refractivity contribution in [3.63, 3.8) is 0 Å². The Morgan fingerprint density at radius 3 is 2.72 bits per heavy atom. The van der Waals surface area contributed by atoms with Gasteiger partial charge in [-0.3, -0.25) is 0 Å². The van der Waals surface area contributed by atoms with E-state index in [1.807, 2.05) is 30.3 Å². The van der Waals surface area contributed by atoms with Crippen molar-refractivity contribution in [2.45, 2.75) is 25.7 Å². The summed E-state index contributed by atoms with van der Waals surface area (Å²) >= 11 is 3.44. The highest BCUT2D eigenvalue weighted by Gasteiger charge is 2.30. The van der Waals surface area contributed by atoms with E-state index < -0.39 is 0 Å². The predicted molar refractivity (Wildman–Crippen MR) is 73.7 cm³/mol. The molecule has 0 saturated heterocycles. The maximum atomic E-state index is 11.7. The van der Waals surface area contributed by atoms with Gasteiger partial charge in [0, 0.05) is 15.6 Å². The number of hydrogen-bond donors (Lipinski definition) is 0. The molecule has 1 aliphatic carbocycles. The Morgan fingerprint density at radius 1 is 1.17 bits per heavy atom. The van der Waals surface area contributed by atoms with Gasteiger partial charge in [0.05, 0.1) is 0 Å². The molecule has 0 fully saturated rings. The highest BCUT2D eigenvalue weighted by atomic mass is 79.9. The molecule has 1 heterocycles. The third-order valence-electron chi connectivity index (χ3n) is 3.36. The van der Waals surface area contributed by atoms with Crippen molar-refractivity contribution in [3.8, 4) is 0 Å². The number of cyclic esters (lactones) is 1. The van der Waals surface area contributed by atoms with Gasteiger partial charge in [0.2, 0.25) is 0 Å². The Balaban J connectivity index is 1.98. The van der Waals surface area contributed by atoms with Crippen LogP contribution in [-0.2, 0) is 9.53 Å². The van der Waals surface area contributed by atoms with Gasteiger partial charge in [0.25, 0.3) is 0 Å². The summed E-state index contributed by atoms with van der Waals surface area (Å²) in [6.07, 6.45) is 6.02. The summed E-state index contributed by atoms with van der Waals surface area (Å²) in [7, 11) is 0. The van der Waals surface area contributed by atoms with Gasteiger partial charge in [0.1, 0.15) is 5.76 Å². The quantitative estimate of drug-likeness (QED) is 0.726. The van der Waals surface area contributed by atoms with E-state index in [-0.39, 0.29) is 5.97 Å². The molecule has 0 N–H and O–H groups in total. The maximum absolute atomic E-state index is 11.7. The normalized spacial score (nSPS) is 21.2. The summed E-state index contributed by atoms with van der Waals surface area (Å²) in [5.41, 5.74) is 3.06. The van der Waals surface area contributed by atoms with Gasteiger partial charge in [-0.1, -0.05) is 28.1 Å². The Bertz CT molecular complexity index is 570. The molecule has 3 heteroatoms. The van der Waals surface area contributed by atoms with Crippen molar-refractivity contribution in [1.82, 2.24) is 0 Å². The lowest BCUT2D eigenvalue weighted by atomic mass is 9.92. The third kappa shape index (κ3) is 2.15. The second-order valence-electron chi connectivity index (χ2n) is 4.62. The maximum Gasteiger partial charge on any atom is 0.339 e. The van der Waals surface area contributed by atoms with Crippen LogP contribution in [0.2, 0.25) is 0 Å². The topological polar surface area (TPSA) is 26.3 Å². The molecule has 1 aromatic rings. The Morgan fingerprint density at radius 2 is 1.94 bits per heavy atom. The zero-order chi connectivity index (χ0) is 12.5. The third-order valence-corrected chi connectivity index (χ3v) is 3.85. The van der Waals surface area contributed by atoms with Gasteiger partial charge in [-0.05, 0) is 49.5 Å². The van der Waals surface area contributed by atoms with E-state index in [4.69, 9.17) is 4.74 Å². The smallest absolute Gasteiger partial charge is 0.339 e. The molecule has 0 atom stereocenters. The van der Waals surface area contributed by atoms with E-state index >= 15 is 0 Å². The first-order chi connectivity index (χ1) is 8.74. The molecule has 1 aromatic carbocycles. The van der Waals surface area contributed by atoms with Crippen LogP contribution in [-0.4, -0.2) is 5.97 Å². The highest BCUT2D eigenvalue weighted by Crippen LogP contribution is 2.37. The molecule has 0 unspecified atom stereocenters.